The summed E-state index contributed by atoms with van der Waals surface area (Å²) in [7, 11) is 0. The minimum atomic E-state index is 0.416. The Morgan fingerprint density at radius 1 is 0.520 bits per heavy atom. The van der Waals surface area contributed by atoms with Crippen LogP contribution in [-0.4, -0.2) is 5.84 Å². The fourth-order valence-electron chi connectivity index (χ4n) is 6.62. The molecule has 0 radical (unpaired) electrons. The average molecular weight is 650 g/mol. The lowest BCUT2D eigenvalue weighted by atomic mass is 9.93. The van der Waals surface area contributed by atoms with E-state index in [-0.39, 0.29) is 0 Å². The van der Waals surface area contributed by atoms with Crippen LogP contribution in [0.15, 0.2) is 178 Å². The molecule has 0 aliphatic heterocycles. The first-order valence-electron chi connectivity index (χ1n) is 16.7. The van der Waals surface area contributed by atoms with Gasteiger partial charge in [0.2, 0.25) is 0 Å². The first-order valence-corrected chi connectivity index (χ1v) is 16.7. The Kier molecular flexibility index (Phi) is 8.39. The zero-order valence-electron chi connectivity index (χ0n) is 27.4. The van der Waals surface area contributed by atoms with Gasteiger partial charge in [0.15, 0.2) is 0 Å². The van der Waals surface area contributed by atoms with E-state index >= 15 is 0 Å². The van der Waals surface area contributed by atoms with E-state index in [9.17, 15) is 0 Å². The second-order valence-corrected chi connectivity index (χ2v) is 12.2. The van der Waals surface area contributed by atoms with E-state index in [2.05, 4.69) is 84.9 Å². The van der Waals surface area contributed by atoms with Crippen molar-refractivity contribution in [2.75, 3.05) is 0 Å². The summed E-state index contributed by atoms with van der Waals surface area (Å²) in [6.07, 6.45) is 0. The van der Waals surface area contributed by atoms with Gasteiger partial charge < -0.3 is 20.3 Å². The highest BCUT2D eigenvalue weighted by molar-refractivity contribution is 6.14. The third-order valence-electron chi connectivity index (χ3n) is 9.08. The van der Waals surface area contributed by atoms with Crippen LogP contribution < -0.4 is 11.5 Å². The summed E-state index contributed by atoms with van der Waals surface area (Å²) in [4.78, 5) is 4.85. The number of rotatable bonds is 6. The van der Waals surface area contributed by atoms with Gasteiger partial charge in [-0.3, -0.25) is 4.99 Å². The molecule has 2 heterocycles. The quantitative estimate of drug-likeness (QED) is 0.138. The van der Waals surface area contributed by atoms with E-state index in [0.29, 0.717) is 18.9 Å². The van der Waals surface area contributed by atoms with Crippen LogP contribution in [0.4, 0.5) is 0 Å². The summed E-state index contributed by atoms with van der Waals surface area (Å²) in [5, 5.41) is 4.23. The van der Waals surface area contributed by atoms with Gasteiger partial charge in [-0.05, 0) is 63.7 Å². The number of furan rings is 2. The van der Waals surface area contributed by atoms with Crippen molar-refractivity contribution in [3.05, 3.63) is 180 Å². The maximum absolute atomic E-state index is 6.60. The number of hydrogen-bond acceptors (Lipinski definition) is 4. The smallest absolute Gasteiger partial charge is 0.146 e. The fourth-order valence-corrected chi connectivity index (χ4v) is 6.62. The highest BCUT2D eigenvalue weighted by Crippen LogP contribution is 2.38. The summed E-state index contributed by atoms with van der Waals surface area (Å²) < 4.78 is 12.5. The number of nitrogens with zero attached hydrogens (tertiary/aromatic N) is 1. The molecular formula is C45H35N3O2. The lowest BCUT2D eigenvalue weighted by molar-refractivity contribution is 0.667. The molecule has 0 amide bonds. The summed E-state index contributed by atoms with van der Waals surface area (Å²) >= 11 is 0. The van der Waals surface area contributed by atoms with Crippen molar-refractivity contribution in [2.45, 2.75) is 13.1 Å². The molecule has 5 nitrogen and oxygen atoms in total. The molecule has 0 aliphatic carbocycles. The molecule has 2 aromatic heterocycles. The number of fused-ring (bicyclic) bond motifs is 6. The lowest BCUT2D eigenvalue weighted by Gasteiger charge is -2.10. The van der Waals surface area contributed by atoms with Crippen molar-refractivity contribution in [1.29, 1.82) is 0 Å². The number of hydrogen-bond donors (Lipinski definition) is 2. The zero-order chi connectivity index (χ0) is 33.9. The number of benzene rings is 7. The molecule has 0 spiro atoms. The maximum atomic E-state index is 6.60. The highest BCUT2D eigenvalue weighted by atomic mass is 16.3. The van der Waals surface area contributed by atoms with Crippen molar-refractivity contribution >= 4 is 49.7 Å². The molecule has 0 atom stereocenters. The van der Waals surface area contributed by atoms with Gasteiger partial charge in [-0.2, -0.15) is 0 Å². The lowest BCUT2D eigenvalue weighted by Crippen LogP contribution is -2.14. The predicted molar refractivity (Wildman–Crippen MR) is 207 cm³/mol. The van der Waals surface area contributed by atoms with E-state index in [4.69, 9.17) is 25.3 Å². The number of para-hydroxylation sites is 2. The Morgan fingerprint density at radius 2 is 1.16 bits per heavy atom. The van der Waals surface area contributed by atoms with Crippen molar-refractivity contribution < 1.29 is 8.83 Å². The molecular weight excluding hydrogens is 615 g/mol. The normalized spacial score (nSPS) is 11.7. The summed E-state index contributed by atoms with van der Waals surface area (Å²) in [6.45, 7) is 1.06. The average Bonchev–Trinajstić information content (AvgIpc) is 3.76. The van der Waals surface area contributed by atoms with Gasteiger partial charge in [-0.1, -0.05) is 133 Å². The summed E-state index contributed by atoms with van der Waals surface area (Å²) in [5.41, 5.74) is 23.0. The Hall–Kier alpha value is -6.43. The van der Waals surface area contributed by atoms with Crippen LogP contribution in [0.5, 0.6) is 0 Å². The van der Waals surface area contributed by atoms with Crippen LogP contribution in [0.2, 0.25) is 0 Å². The second-order valence-electron chi connectivity index (χ2n) is 12.2. The monoisotopic (exact) mass is 649 g/mol. The van der Waals surface area contributed by atoms with Crippen molar-refractivity contribution in [2.24, 2.45) is 16.5 Å². The topological polar surface area (TPSA) is 90.7 Å². The van der Waals surface area contributed by atoms with Crippen LogP contribution in [0.3, 0.4) is 0 Å². The Balaban J connectivity index is 0.000000400. The molecule has 7 aromatic carbocycles. The molecule has 0 fully saturated rings. The molecule has 50 heavy (non-hydrogen) atoms. The zero-order valence-corrected chi connectivity index (χ0v) is 27.4. The van der Waals surface area contributed by atoms with E-state index in [1.165, 1.54) is 22.3 Å². The molecule has 0 unspecified atom stereocenters. The van der Waals surface area contributed by atoms with Gasteiger partial charge in [0.1, 0.15) is 28.2 Å². The van der Waals surface area contributed by atoms with Gasteiger partial charge in [-0.25, -0.2) is 0 Å². The van der Waals surface area contributed by atoms with Gasteiger partial charge in [0.25, 0.3) is 0 Å². The highest BCUT2D eigenvalue weighted by Gasteiger charge is 2.16. The van der Waals surface area contributed by atoms with Gasteiger partial charge in [0, 0.05) is 28.1 Å². The first kappa shape index (κ1) is 30.9. The first-order chi connectivity index (χ1) is 24.7. The third kappa shape index (κ3) is 5.91. The molecule has 0 aliphatic rings. The Morgan fingerprint density at radius 3 is 1.94 bits per heavy atom. The number of aliphatic imine (C=N–C) groups is 1. The molecule has 242 valence electrons. The van der Waals surface area contributed by atoms with Crippen LogP contribution in [0.25, 0.3) is 66.1 Å². The third-order valence-corrected chi connectivity index (χ3v) is 9.08. The van der Waals surface area contributed by atoms with E-state index < -0.39 is 0 Å². The van der Waals surface area contributed by atoms with E-state index in [0.717, 1.165) is 60.6 Å². The largest absolute Gasteiger partial charge is 0.456 e. The van der Waals surface area contributed by atoms with E-state index in [1.807, 2.05) is 78.9 Å². The number of nitrogens with two attached hydrogens (primary N) is 2. The predicted octanol–water partition coefficient (Wildman–Crippen LogP) is 10.9. The van der Waals surface area contributed by atoms with E-state index in [1.54, 1.807) is 0 Å². The van der Waals surface area contributed by atoms with Gasteiger partial charge in [0.05, 0.1) is 12.1 Å². The van der Waals surface area contributed by atoms with Crippen LogP contribution in [-0.2, 0) is 13.1 Å². The molecule has 0 bridgehead atoms. The molecule has 4 N–H and O–H groups in total. The van der Waals surface area contributed by atoms with Crippen molar-refractivity contribution in [3.63, 3.8) is 0 Å². The number of amidine groups is 1. The van der Waals surface area contributed by atoms with Crippen LogP contribution in [0.1, 0.15) is 16.7 Å². The Labute approximate surface area is 290 Å². The minimum Gasteiger partial charge on any atom is -0.456 e. The van der Waals surface area contributed by atoms with Crippen LogP contribution >= 0.6 is 0 Å². The maximum Gasteiger partial charge on any atom is 0.146 e. The SMILES string of the molecule is NC(=NCc1cccc2oc3ccc(-c4ccccc4-c4ccccc4)cc3c12)c1cccc2c1oc1ccccc12.NCc1ccccc1. The fraction of sp³-hybridized carbons (Fsp3) is 0.0444. The van der Waals surface area contributed by atoms with Gasteiger partial charge >= 0.3 is 0 Å². The molecule has 9 rings (SSSR count). The second kappa shape index (κ2) is 13.6. The Bertz CT molecular complexity index is 2620. The van der Waals surface area contributed by atoms with Gasteiger partial charge in [-0.15, -0.1) is 0 Å². The summed E-state index contributed by atoms with van der Waals surface area (Å²) in [5.74, 6) is 0.446. The molecule has 0 saturated carbocycles. The molecule has 0 saturated heterocycles. The standard InChI is InChI=1S/C38H26N2O2.C7H9N/c39-38(31-17-9-16-30-29-15-6-7-18-33(29)42-37(30)31)40-23-26-12-8-19-35-36(26)32-22-25(20-21-34(32)41-35)28-14-5-4-13-27(28)24-10-2-1-3-11-24;8-6-7-4-2-1-3-5-7/h1-22H,23H2,(H2,39,40);1-5H,6,8H2. The minimum absolute atomic E-state index is 0.416. The van der Waals surface area contributed by atoms with Crippen molar-refractivity contribution in [1.82, 2.24) is 0 Å². The van der Waals surface area contributed by atoms with Crippen molar-refractivity contribution in [3.8, 4) is 22.3 Å². The molecule has 9 aromatic rings. The summed E-state index contributed by atoms with van der Waals surface area (Å²) in [6, 6.07) is 55.6. The molecule has 5 heteroatoms. The van der Waals surface area contributed by atoms with Crippen LogP contribution in [0, 0.1) is 0 Å².